The van der Waals surface area contributed by atoms with E-state index in [9.17, 15) is 9.59 Å². The predicted octanol–water partition coefficient (Wildman–Crippen LogP) is 2.13. The van der Waals surface area contributed by atoms with Crippen LogP contribution in [0.25, 0.3) is 5.69 Å². The molecule has 144 valence electrons. The first-order valence-corrected chi connectivity index (χ1v) is 9.16. The van der Waals surface area contributed by atoms with Crippen LogP contribution in [0.5, 0.6) is 0 Å². The molecule has 28 heavy (non-hydrogen) atoms. The van der Waals surface area contributed by atoms with Gasteiger partial charge in [-0.15, -0.1) is 0 Å². The van der Waals surface area contributed by atoms with Gasteiger partial charge in [-0.25, -0.2) is 9.48 Å². The molecule has 8 nitrogen and oxygen atoms in total. The maximum absolute atomic E-state index is 12.9. The summed E-state index contributed by atoms with van der Waals surface area (Å²) in [6.07, 6.45) is 3.19. The second-order valence-electron chi connectivity index (χ2n) is 6.49. The maximum atomic E-state index is 12.9. The second-order valence-corrected chi connectivity index (χ2v) is 6.49. The van der Waals surface area contributed by atoms with E-state index in [1.807, 2.05) is 41.1 Å². The Hall–Kier alpha value is -3.55. The number of benzene rings is 1. The number of carbonyl (C=O) groups is 2. The van der Waals surface area contributed by atoms with Gasteiger partial charge in [-0.1, -0.05) is 18.2 Å². The summed E-state index contributed by atoms with van der Waals surface area (Å²) >= 11 is 0. The summed E-state index contributed by atoms with van der Waals surface area (Å²) < 4.78 is 7.11. The molecule has 0 atom stereocenters. The molecule has 0 spiro atoms. The van der Waals surface area contributed by atoms with Crippen LogP contribution in [0.1, 0.15) is 16.2 Å². The Morgan fingerprint density at radius 1 is 1.18 bits per heavy atom. The number of para-hydroxylation sites is 1. The first-order chi connectivity index (χ1) is 13.7. The molecule has 3 amide bonds. The van der Waals surface area contributed by atoms with Crippen LogP contribution >= 0.6 is 0 Å². The molecule has 1 fully saturated rings. The average Bonchev–Trinajstić information content (AvgIpc) is 3.48. The smallest absolute Gasteiger partial charge is 0.317 e. The monoisotopic (exact) mass is 379 g/mol. The topological polar surface area (TPSA) is 83.6 Å². The molecule has 1 N–H and O–H groups in total. The van der Waals surface area contributed by atoms with Crippen molar-refractivity contribution in [3.63, 3.8) is 0 Å². The van der Waals surface area contributed by atoms with Gasteiger partial charge in [0.15, 0.2) is 5.76 Å². The minimum Gasteiger partial charge on any atom is -0.459 e. The van der Waals surface area contributed by atoms with Crippen LogP contribution < -0.4 is 5.32 Å². The van der Waals surface area contributed by atoms with Gasteiger partial charge in [0.1, 0.15) is 0 Å². The Kier molecular flexibility index (Phi) is 5.09. The number of urea groups is 1. The largest absolute Gasteiger partial charge is 0.459 e. The Labute approximate surface area is 162 Å². The number of nitrogens with one attached hydrogen (secondary N) is 1. The van der Waals surface area contributed by atoms with E-state index in [1.54, 1.807) is 28.1 Å². The number of hydrogen-bond donors (Lipinski definition) is 1. The third-order valence-corrected chi connectivity index (χ3v) is 4.68. The lowest BCUT2D eigenvalue weighted by atomic mass is 10.3. The van der Waals surface area contributed by atoms with E-state index in [0.717, 1.165) is 11.4 Å². The zero-order valence-electron chi connectivity index (χ0n) is 15.3. The van der Waals surface area contributed by atoms with Crippen LogP contribution in [0.4, 0.5) is 4.79 Å². The summed E-state index contributed by atoms with van der Waals surface area (Å²) in [5.74, 6) is 0.0575. The number of rotatable bonds is 7. The zero-order chi connectivity index (χ0) is 19.3. The molecule has 0 aliphatic carbocycles. The fraction of sp³-hybridized carbons (Fsp3) is 0.250. The maximum Gasteiger partial charge on any atom is 0.317 e. The van der Waals surface area contributed by atoms with Crippen molar-refractivity contribution in [3.05, 3.63) is 72.4 Å². The zero-order valence-corrected chi connectivity index (χ0v) is 15.3. The van der Waals surface area contributed by atoms with Gasteiger partial charge >= 0.3 is 6.03 Å². The minimum absolute atomic E-state index is 0.0975. The SMILES string of the molecule is O=C1NCCN1CCN(Cc1ccnn1-c1ccccc1)C(=O)c1ccco1. The number of nitrogens with zero attached hydrogens (tertiary/aromatic N) is 4. The molecule has 3 aromatic rings. The minimum atomic E-state index is -0.217. The molecular weight excluding hydrogens is 358 g/mol. The van der Waals surface area contributed by atoms with Crippen molar-refractivity contribution >= 4 is 11.9 Å². The molecule has 0 radical (unpaired) electrons. The van der Waals surface area contributed by atoms with Gasteiger partial charge in [-0.05, 0) is 30.3 Å². The summed E-state index contributed by atoms with van der Waals surface area (Å²) in [5.41, 5.74) is 1.80. The van der Waals surface area contributed by atoms with Crippen LogP contribution in [0.2, 0.25) is 0 Å². The van der Waals surface area contributed by atoms with Crippen LogP contribution in [0, 0.1) is 0 Å². The third-order valence-electron chi connectivity index (χ3n) is 4.68. The highest BCUT2D eigenvalue weighted by Crippen LogP contribution is 2.15. The standard InChI is InChI=1S/C20H21N5O3/c26-19(18-7-4-14-28-18)24(13-12-23-11-10-21-20(23)27)15-17-8-9-22-25(17)16-5-2-1-3-6-16/h1-9,14H,10-13,15H2,(H,21,27). The van der Waals surface area contributed by atoms with E-state index >= 15 is 0 Å². The normalized spacial score (nSPS) is 13.6. The number of amides is 3. The molecule has 4 rings (SSSR count). The van der Waals surface area contributed by atoms with E-state index < -0.39 is 0 Å². The van der Waals surface area contributed by atoms with Crippen LogP contribution in [-0.2, 0) is 6.54 Å². The quantitative estimate of drug-likeness (QED) is 0.682. The molecule has 0 saturated carbocycles. The number of furan rings is 1. The second kappa shape index (κ2) is 7.99. The molecule has 2 aromatic heterocycles. The van der Waals surface area contributed by atoms with Gasteiger partial charge in [0.05, 0.1) is 24.2 Å². The summed E-state index contributed by atoms with van der Waals surface area (Å²) in [4.78, 5) is 28.2. The first kappa shape index (κ1) is 17.8. The fourth-order valence-corrected chi connectivity index (χ4v) is 3.22. The van der Waals surface area contributed by atoms with Gasteiger partial charge < -0.3 is 19.5 Å². The lowest BCUT2D eigenvalue weighted by Crippen LogP contribution is -2.39. The van der Waals surface area contributed by atoms with Crippen molar-refractivity contribution in [1.29, 1.82) is 0 Å². The Bertz CT molecular complexity index is 936. The van der Waals surface area contributed by atoms with Crippen molar-refractivity contribution in [2.24, 2.45) is 0 Å². The summed E-state index contributed by atoms with van der Waals surface area (Å²) in [7, 11) is 0. The van der Waals surface area contributed by atoms with Gasteiger partial charge in [0.25, 0.3) is 5.91 Å². The molecule has 0 unspecified atom stereocenters. The van der Waals surface area contributed by atoms with E-state index in [4.69, 9.17) is 4.42 Å². The Balaban J connectivity index is 1.55. The van der Waals surface area contributed by atoms with Crippen molar-refractivity contribution in [2.45, 2.75) is 6.54 Å². The number of hydrogen-bond acceptors (Lipinski definition) is 4. The van der Waals surface area contributed by atoms with Gasteiger partial charge in [-0.2, -0.15) is 5.10 Å². The highest BCUT2D eigenvalue weighted by molar-refractivity contribution is 5.91. The molecule has 0 bridgehead atoms. The summed E-state index contributed by atoms with van der Waals surface area (Å²) in [5, 5.41) is 7.17. The number of aromatic nitrogens is 2. The van der Waals surface area contributed by atoms with Crippen LogP contribution in [-0.4, -0.2) is 57.7 Å². The predicted molar refractivity (Wildman–Crippen MR) is 102 cm³/mol. The average molecular weight is 379 g/mol. The lowest BCUT2D eigenvalue weighted by molar-refractivity contribution is 0.0695. The molecule has 8 heteroatoms. The van der Waals surface area contributed by atoms with Crippen LogP contribution in [0.15, 0.2) is 65.4 Å². The van der Waals surface area contributed by atoms with Crippen LogP contribution in [0.3, 0.4) is 0 Å². The molecule has 1 aliphatic rings. The molecule has 3 heterocycles. The van der Waals surface area contributed by atoms with E-state index in [2.05, 4.69) is 10.4 Å². The highest BCUT2D eigenvalue weighted by Gasteiger charge is 2.24. The van der Waals surface area contributed by atoms with Crippen molar-refractivity contribution < 1.29 is 14.0 Å². The Morgan fingerprint density at radius 2 is 2.04 bits per heavy atom. The summed E-state index contributed by atoms with van der Waals surface area (Å²) in [6.45, 7) is 2.48. The Morgan fingerprint density at radius 3 is 2.75 bits per heavy atom. The third kappa shape index (κ3) is 3.75. The van der Waals surface area contributed by atoms with Crippen molar-refractivity contribution in [3.8, 4) is 5.69 Å². The molecule has 1 saturated heterocycles. The van der Waals surface area contributed by atoms with E-state index in [1.165, 1.54) is 6.26 Å². The summed E-state index contributed by atoms with van der Waals surface area (Å²) in [6, 6.07) is 14.9. The fourth-order valence-electron chi connectivity index (χ4n) is 3.22. The van der Waals surface area contributed by atoms with Gasteiger partial charge in [-0.3, -0.25) is 4.79 Å². The highest BCUT2D eigenvalue weighted by atomic mass is 16.3. The van der Waals surface area contributed by atoms with Crippen molar-refractivity contribution in [2.75, 3.05) is 26.2 Å². The molecular formula is C20H21N5O3. The lowest BCUT2D eigenvalue weighted by Gasteiger charge is -2.24. The van der Waals surface area contributed by atoms with E-state index in [-0.39, 0.29) is 17.7 Å². The van der Waals surface area contributed by atoms with E-state index in [0.29, 0.717) is 32.7 Å². The van der Waals surface area contributed by atoms with Gasteiger partial charge in [0.2, 0.25) is 0 Å². The first-order valence-electron chi connectivity index (χ1n) is 9.16. The van der Waals surface area contributed by atoms with Gasteiger partial charge in [0, 0.05) is 32.4 Å². The molecule has 1 aliphatic heterocycles. The van der Waals surface area contributed by atoms with Crippen molar-refractivity contribution in [1.82, 2.24) is 24.9 Å². The number of carbonyl (C=O) groups excluding carboxylic acids is 2. The molecule has 1 aromatic carbocycles.